The fraction of sp³-hybridized carbons (Fsp3) is 0.167. The normalized spacial score (nSPS) is 11.1. The Morgan fingerprint density at radius 2 is 1.50 bits per heavy atom. The molecule has 196 valence electrons. The molecule has 0 fully saturated rings. The first kappa shape index (κ1) is 27.2. The van der Waals surface area contributed by atoms with Gasteiger partial charge in [0.15, 0.2) is 0 Å². The number of amides is 1. The van der Waals surface area contributed by atoms with Gasteiger partial charge in [-0.25, -0.2) is 8.42 Å². The number of anilines is 1. The lowest BCUT2D eigenvalue weighted by atomic mass is 10.1. The van der Waals surface area contributed by atoms with Crippen molar-refractivity contribution in [3.63, 3.8) is 0 Å². The van der Waals surface area contributed by atoms with Gasteiger partial charge in [0.2, 0.25) is 0 Å². The van der Waals surface area contributed by atoms with Crippen molar-refractivity contribution in [2.24, 2.45) is 0 Å². The van der Waals surface area contributed by atoms with Crippen LogP contribution in [-0.4, -0.2) is 20.9 Å². The van der Waals surface area contributed by atoms with Gasteiger partial charge in [0.1, 0.15) is 5.75 Å². The molecule has 0 unspecified atom stereocenters. The number of carbonyl (C=O) groups is 1. The molecule has 0 aromatic heterocycles. The molecule has 0 saturated heterocycles. The van der Waals surface area contributed by atoms with Crippen molar-refractivity contribution in [2.75, 3.05) is 10.9 Å². The molecule has 0 radical (unpaired) electrons. The lowest BCUT2D eigenvalue weighted by molar-refractivity contribution is 0.0951. The van der Waals surface area contributed by atoms with Crippen LogP contribution >= 0.6 is 11.6 Å². The van der Waals surface area contributed by atoms with E-state index in [1.54, 1.807) is 72.8 Å². The van der Waals surface area contributed by atoms with Gasteiger partial charge in [-0.05, 0) is 73.5 Å². The Labute approximate surface area is 228 Å². The van der Waals surface area contributed by atoms with Gasteiger partial charge in [-0.1, -0.05) is 65.7 Å². The number of benzene rings is 4. The maximum Gasteiger partial charge on any atom is 0.264 e. The van der Waals surface area contributed by atoms with Crippen LogP contribution in [0.2, 0.25) is 5.02 Å². The average Bonchev–Trinajstić information content (AvgIpc) is 2.92. The molecule has 8 heteroatoms. The zero-order valence-electron chi connectivity index (χ0n) is 21.2. The number of carbonyl (C=O) groups excluding carboxylic acids is 1. The minimum atomic E-state index is -4.01. The first-order valence-corrected chi connectivity index (χ1v) is 14.0. The fourth-order valence-corrected chi connectivity index (χ4v) is 5.52. The monoisotopic (exact) mass is 548 g/mol. The van der Waals surface area contributed by atoms with Crippen molar-refractivity contribution < 1.29 is 17.9 Å². The van der Waals surface area contributed by atoms with Gasteiger partial charge < -0.3 is 10.1 Å². The third-order valence-corrected chi connectivity index (χ3v) is 7.98. The largest absolute Gasteiger partial charge is 0.494 e. The number of halogens is 1. The highest BCUT2D eigenvalue weighted by molar-refractivity contribution is 7.92. The van der Waals surface area contributed by atoms with E-state index in [1.165, 1.54) is 4.31 Å². The highest BCUT2D eigenvalue weighted by Gasteiger charge is 2.28. The van der Waals surface area contributed by atoms with Crippen LogP contribution in [-0.2, 0) is 23.1 Å². The van der Waals surface area contributed by atoms with Crippen molar-refractivity contribution >= 4 is 33.2 Å². The molecule has 0 aliphatic carbocycles. The van der Waals surface area contributed by atoms with Crippen LogP contribution in [0.3, 0.4) is 0 Å². The molecule has 0 aliphatic rings. The molecule has 4 rings (SSSR count). The summed E-state index contributed by atoms with van der Waals surface area (Å²) >= 11 is 6.05. The van der Waals surface area contributed by atoms with Gasteiger partial charge in [0, 0.05) is 11.6 Å². The van der Waals surface area contributed by atoms with E-state index in [4.69, 9.17) is 16.3 Å². The van der Waals surface area contributed by atoms with Crippen molar-refractivity contribution in [2.45, 2.75) is 31.8 Å². The van der Waals surface area contributed by atoms with E-state index in [9.17, 15) is 13.2 Å². The Balaban J connectivity index is 1.67. The molecule has 0 spiro atoms. The number of hydrogen-bond donors (Lipinski definition) is 1. The Morgan fingerprint density at radius 1 is 0.868 bits per heavy atom. The second-order valence-corrected chi connectivity index (χ2v) is 11.0. The molecule has 0 aliphatic heterocycles. The van der Waals surface area contributed by atoms with Gasteiger partial charge >= 0.3 is 0 Å². The number of rotatable bonds is 10. The highest BCUT2D eigenvalue weighted by atomic mass is 35.5. The minimum Gasteiger partial charge on any atom is -0.494 e. The fourth-order valence-electron chi connectivity index (χ4n) is 3.92. The molecule has 0 bridgehead atoms. The van der Waals surface area contributed by atoms with Crippen LogP contribution in [0.5, 0.6) is 5.75 Å². The molecule has 4 aromatic carbocycles. The number of para-hydroxylation sites is 1. The van der Waals surface area contributed by atoms with E-state index in [1.807, 2.05) is 38.1 Å². The zero-order valence-corrected chi connectivity index (χ0v) is 22.8. The Hall–Kier alpha value is -3.81. The molecule has 1 N–H and O–H groups in total. The second kappa shape index (κ2) is 12.2. The Bertz CT molecular complexity index is 1490. The van der Waals surface area contributed by atoms with Gasteiger partial charge in [0.25, 0.3) is 15.9 Å². The molecule has 1 amide bonds. The van der Waals surface area contributed by atoms with E-state index in [0.717, 1.165) is 22.4 Å². The van der Waals surface area contributed by atoms with Crippen LogP contribution in [0.1, 0.15) is 34.0 Å². The summed E-state index contributed by atoms with van der Waals surface area (Å²) in [5.74, 6) is 0.377. The van der Waals surface area contributed by atoms with Crippen LogP contribution in [0, 0.1) is 6.92 Å². The van der Waals surface area contributed by atoms with Crippen molar-refractivity contribution in [1.29, 1.82) is 0 Å². The van der Waals surface area contributed by atoms with E-state index in [-0.39, 0.29) is 35.1 Å². The Kier molecular flexibility index (Phi) is 8.71. The first-order chi connectivity index (χ1) is 18.3. The number of nitrogens with zero attached hydrogens (tertiary/aromatic N) is 1. The zero-order chi connectivity index (χ0) is 27.1. The van der Waals surface area contributed by atoms with Gasteiger partial charge in [0.05, 0.1) is 29.3 Å². The van der Waals surface area contributed by atoms with Gasteiger partial charge in [-0.2, -0.15) is 0 Å². The predicted molar refractivity (Wildman–Crippen MR) is 151 cm³/mol. The number of hydrogen-bond acceptors (Lipinski definition) is 4. The standard InChI is InChI=1S/C30H29ClN2O4S/c1-3-37-26-16-12-23(13-17-26)20-32-30(34)28-6-4-5-7-29(28)33(21-24-10-14-25(31)15-11-24)38(35,36)27-18-8-22(2)9-19-27/h4-19H,3,20-21H2,1-2H3,(H,32,34). The van der Waals surface area contributed by atoms with Crippen LogP contribution in [0.15, 0.2) is 102 Å². The van der Waals surface area contributed by atoms with Crippen LogP contribution in [0.25, 0.3) is 0 Å². The third kappa shape index (κ3) is 6.54. The molecule has 38 heavy (non-hydrogen) atoms. The smallest absolute Gasteiger partial charge is 0.264 e. The SMILES string of the molecule is CCOc1ccc(CNC(=O)c2ccccc2N(Cc2ccc(Cl)cc2)S(=O)(=O)c2ccc(C)cc2)cc1. The number of sulfonamides is 1. The summed E-state index contributed by atoms with van der Waals surface area (Å²) in [6, 6.07) is 27.8. The minimum absolute atomic E-state index is 0.0244. The van der Waals surface area contributed by atoms with Crippen LogP contribution in [0.4, 0.5) is 5.69 Å². The molecule has 0 saturated carbocycles. The molecule has 6 nitrogen and oxygen atoms in total. The maximum atomic E-state index is 13.9. The number of aryl methyl sites for hydroxylation is 1. The lowest BCUT2D eigenvalue weighted by Gasteiger charge is -2.27. The summed E-state index contributed by atoms with van der Waals surface area (Å²) in [6.45, 7) is 4.69. The summed E-state index contributed by atoms with van der Waals surface area (Å²) in [7, 11) is -4.01. The van der Waals surface area contributed by atoms with Crippen molar-refractivity contribution in [1.82, 2.24) is 5.32 Å². The highest BCUT2D eigenvalue weighted by Crippen LogP contribution is 2.30. The van der Waals surface area contributed by atoms with E-state index >= 15 is 0 Å². The van der Waals surface area contributed by atoms with E-state index < -0.39 is 10.0 Å². The lowest BCUT2D eigenvalue weighted by Crippen LogP contribution is -2.33. The first-order valence-electron chi connectivity index (χ1n) is 12.2. The summed E-state index contributed by atoms with van der Waals surface area (Å²) in [4.78, 5) is 13.5. The molecule has 0 heterocycles. The second-order valence-electron chi connectivity index (χ2n) is 8.73. The summed E-state index contributed by atoms with van der Waals surface area (Å²) in [5.41, 5.74) is 3.11. The topological polar surface area (TPSA) is 75.7 Å². The molecular formula is C30H29ClN2O4S. The van der Waals surface area contributed by atoms with Gasteiger partial charge in [-0.15, -0.1) is 0 Å². The number of ether oxygens (including phenoxy) is 1. The van der Waals surface area contributed by atoms with Crippen molar-refractivity contribution in [3.05, 3.63) is 124 Å². The maximum absolute atomic E-state index is 13.9. The van der Waals surface area contributed by atoms with Gasteiger partial charge in [-0.3, -0.25) is 9.10 Å². The molecule has 0 atom stereocenters. The number of nitrogens with one attached hydrogen (secondary N) is 1. The average molecular weight is 549 g/mol. The van der Waals surface area contributed by atoms with E-state index in [2.05, 4.69) is 5.32 Å². The summed E-state index contributed by atoms with van der Waals surface area (Å²) in [6.07, 6.45) is 0. The quantitative estimate of drug-likeness (QED) is 0.250. The molecular weight excluding hydrogens is 520 g/mol. The predicted octanol–water partition coefficient (Wildman–Crippen LogP) is 6.37. The van der Waals surface area contributed by atoms with E-state index in [0.29, 0.717) is 11.6 Å². The Morgan fingerprint density at radius 3 is 2.16 bits per heavy atom. The third-order valence-electron chi connectivity index (χ3n) is 5.95. The summed E-state index contributed by atoms with van der Waals surface area (Å²) in [5, 5.41) is 3.46. The van der Waals surface area contributed by atoms with Crippen LogP contribution < -0.4 is 14.4 Å². The molecule has 4 aromatic rings. The summed E-state index contributed by atoms with van der Waals surface area (Å²) < 4.78 is 34.6. The van der Waals surface area contributed by atoms with Crippen molar-refractivity contribution in [3.8, 4) is 5.75 Å².